The van der Waals surface area contributed by atoms with Gasteiger partial charge in [-0.3, -0.25) is 9.48 Å². The van der Waals surface area contributed by atoms with Crippen LogP contribution in [0.25, 0.3) is 0 Å². The van der Waals surface area contributed by atoms with Gasteiger partial charge in [0.15, 0.2) is 0 Å². The molecule has 17 heavy (non-hydrogen) atoms. The second-order valence-corrected chi connectivity index (χ2v) is 5.84. The van der Waals surface area contributed by atoms with E-state index in [1.807, 2.05) is 32.4 Å². The molecule has 0 saturated heterocycles. The molecule has 96 valence electrons. The van der Waals surface area contributed by atoms with Gasteiger partial charge in [0, 0.05) is 24.9 Å². The number of carbonyl (C=O) groups excluding carboxylic acids is 1. The van der Waals surface area contributed by atoms with Crippen LogP contribution in [0, 0.1) is 6.92 Å². The van der Waals surface area contributed by atoms with Crippen molar-refractivity contribution in [3.63, 3.8) is 0 Å². The van der Waals surface area contributed by atoms with Crippen LogP contribution in [0.1, 0.15) is 38.6 Å². The summed E-state index contributed by atoms with van der Waals surface area (Å²) in [7, 11) is 0. The first-order chi connectivity index (χ1) is 7.74. The highest BCUT2D eigenvalue weighted by Crippen LogP contribution is 2.22. The van der Waals surface area contributed by atoms with E-state index in [1.54, 1.807) is 0 Å². The molecule has 0 amide bonds. The Morgan fingerprint density at radius 2 is 2.12 bits per heavy atom. The number of hydrogen-bond donors (Lipinski definition) is 1. The maximum Gasteiger partial charge on any atom is 0.140 e. The Hall–Kier alpha value is -0.680. The van der Waals surface area contributed by atoms with Crippen molar-refractivity contribution in [1.82, 2.24) is 9.78 Å². The molecular formula is C12H20BrN3O. The lowest BCUT2D eigenvalue weighted by molar-refractivity contribution is -0.119. The summed E-state index contributed by atoms with van der Waals surface area (Å²) in [5.41, 5.74) is 7.26. The van der Waals surface area contributed by atoms with E-state index in [4.69, 9.17) is 5.73 Å². The number of aryl methyl sites for hydroxylation is 2. The number of hydrogen-bond acceptors (Lipinski definition) is 3. The lowest BCUT2D eigenvalue weighted by Crippen LogP contribution is -2.35. The summed E-state index contributed by atoms with van der Waals surface area (Å²) in [4.78, 5) is 11.9. The van der Waals surface area contributed by atoms with Gasteiger partial charge in [-0.2, -0.15) is 5.10 Å². The lowest BCUT2D eigenvalue weighted by Gasteiger charge is -2.17. The van der Waals surface area contributed by atoms with Crippen molar-refractivity contribution in [2.75, 3.05) is 0 Å². The predicted molar refractivity (Wildman–Crippen MR) is 71.9 cm³/mol. The fourth-order valence-corrected chi connectivity index (χ4v) is 2.22. The monoisotopic (exact) mass is 301 g/mol. The molecule has 0 aliphatic rings. The number of nitrogens with two attached hydrogens (primary N) is 1. The summed E-state index contributed by atoms with van der Waals surface area (Å²) in [6.07, 6.45) is 0.767. The van der Waals surface area contributed by atoms with E-state index in [2.05, 4.69) is 21.0 Å². The average molecular weight is 302 g/mol. The SMILES string of the molecule is CCn1nc(C)c(Br)c1CC(=O)CC(C)(C)N. The Balaban J connectivity index is 2.84. The van der Waals surface area contributed by atoms with Gasteiger partial charge in [0.1, 0.15) is 5.78 Å². The second-order valence-electron chi connectivity index (χ2n) is 5.04. The number of aromatic nitrogens is 2. The zero-order chi connectivity index (χ0) is 13.2. The summed E-state index contributed by atoms with van der Waals surface area (Å²) in [5, 5.41) is 4.36. The van der Waals surface area contributed by atoms with Crippen LogP contribution in [0.3, 0.4) is 0 Å². The molecule has 0 saturated carbocycles. The van der Waals surface area contributed by atoms with E-state index in [1.165, 1.54) is 0 Å². The van der Waals surface area contributed by atoms with Gasteiger partial charge >= 0.3 is 0 Å². The Morgan fingerprint density at radius 3 is 2.59 bits per heavy atom. The van der Waals surface area contributed by atoms with Gasteiger partial charge in [-0.15, -0.1) is 0 Å². The molecule has 0 aliphatic carbocycles. The zero-order valence-corrected chi connectivity index (χ0v) is 12.5. The molecule has 1 rings (SSSR count). The third-order valence-electron chi connectivity index (χ3n) is 2.47. The van der Waals surface area contributed by atoms with Crippen molar-refractivity contribution in [3.8, 4) is 0 Å². The Morgan fingerprint density at radius 1 is 1.53 bits per heavy atom. The smallest absolute Gasteiger partial charge is 0.140 e. The van der Waals surface area contributed by atoms with Crippen molar-refractivity contribution >= 4 is 21.7 Å². The topological polar surface area (TPSA) is 60.9 Å². The van der Waals surface area contributed by atoms with Gasteiger partial charge in [0.25, 0.3) is 0 Å². The molecule has 1 aromatic heterocycles. The third-order valence-corrected chi connectivity index (χ3v) is 3.50. The van der Waals surface area contributed by atoms with E-state index in [9.17, 15) is 4.79 Å². The van der Waals surface area contributed by atoms with Crippen LogP contribution >= 0.6 is 15.9 Å². The van der Waals surface area contributed by atoms with Crippen molar-refractivity contribution in [2.24, 2.45) is 5.73 Å². The van der Waals surface area contributed by atoms with Crippen LogP contribution in [0.15, 0.2) is 4.47 Å². The number of Topliss-reactive ketones (excluding diaryl/α,β-unsaturated/α-hetero) is 1. The van der Waals surface area contributed by atoms with Crippen molar-refractivity contribution < 1.29 is 4.79 Å². The minimum Gasteiger partial charge on any atom is -0.325 e. The third kappa shape index (κ3) is 3.92. The summed E-state index contributed by atoms with van der Waals surface area (Å²) in [6.45, 7) is 8.43. The number of halogens is 1. The first-order valence-electron chi connectivity index (χ1n) is 5.77. The number of carbonyl (C=O) groups is 1. The van der Waals surface area contributed by atoms with Crippen molar-refractivity contribution in [2.45, 2.75) is 52.6 Å². The number of nitrogens with zero attached hydrogens (tertiary/aromatic N) is 2. The van der Waals surface area contributed by atoms with Crippen LogP contribution in [-0.2, 0) is 17.8 Å². The quantitative estimate of drug-likeness (QED) is 0.907. The molecule has 1 aromatic rings. The highest BCUT2D eigenvalue weighted by molar-refractivity contribution is 9.10. The molecule has 4 nitrogen and oxygen atoms in total. The van der Waals surface area contributed by atoms with E-state index in [-0.39, 0.29) is 5.78 Å². The molecule has 0 aromatic carbocycles. The lowest BCUT2D eigenvalue weighted by atomic mass is 9.97. The fraction of sp³-hybridized carbons (Fsp3) is 0.667. The highest BCUT2D eigenvalue weighted by atomic mass is 79.9. The van der Waals surface area contributed by atoms with Crippen molar-refractivity contribution in [3.05, 3.63) is 15.9 Å². The van der Waals surface area contributed by atoms with Gasteiger partial charge in [-0.25, -0.2) is 0 Å². The summed E-state index contributed by atoms with van der Waals surface area (Å²) >= 11 is 3.48. The molecule has 0 bridgehead atoms. The molecule has 0 radical (unpaired) electrons. The largest absolute Gasteiger partial charge is 0.325 e. The van der Waals surface area contributed by atoms with Crippen LogP contribution in [-0.4, -0.2) is 21.1 Å². The normalized spacial score (nSPS) is 11.9. The van der Waals surface area contributed by atoms with Crippen LogP contribution in [0.2, 0.25) is 0 Å². The standard InChI is InChI=1S/C12H20BrN3O/c1-5-16-10(11(13)8(2)15-16)6-9(17)7-12(3,4)14/h5-7,14H2,1-4H3. The second kappa shape index (κ2) is 5.31. The molecule has 0 unspecified atom stereocenters. The first-order valence-corrected chi connectivity index (χ1v) is 6.56. The highest BCUT2D eigenvalue weighted by Gasteiger charge is 2.20. The zero-order valence-electron chi connectivity index (χ0n) is 10.9. The Kier molecular flexibility index (Phi) is 4.49. The maximum atomic E-state index is 11.9. The van der Waals surface area contributed by atoms with E-state index >= 15 is 0 Å². The predicted octanol–water partition coefficient (Wildman–Crippen LogP) is 2.21. The minimum absolute atomic E-state index is 0.146. The molecular weight excluding hydrogens is 282 g/mol. The summed E-state index contributed by atoms with van der Waals surface area (Å²) in [6, 6.07) is 0. The van der Waals surface area contributed by atoms with Crippen molar-refractivity contribution in [1.29, 1.82) is 0 Å². The maximum absolute atomic E-state index is 11.9. The summed E-state index contributed by atoms with van der Waals surface area (Å²) < 4.78 is 2.79. The molecule has 1 heterocycles. The molecule has 5 heteroatoms. The molecule has 0 fully saturated rings. The molecule has 2 N–H and O–H groups in total. The Bertz CT molecular complexity index is 418. The van der Waals surface area contributed by atoms with Gasteiger partial charge in [-0.1, -0.05) is 0 Å². The molecule has 0 atom stereocenters. The molecule has 0 aliphatic heterocycles. The van der Waals surface area contributed by atoms with Crippen LogP contribution < -0.4 is 5.73 Å². The minimum atomic E-state index is -0.449. The van der Waals surface area contributed by atoms with Crippen LogP contribution in [0.5, 0.6) is 0 Å². The van der Waals surface area contributed by atoms with Gasteiger partial charge in [-0.05, 0) is 43.6 Å². The number of ketones is 1. The fourth-order valence-electron chi connectivity index (χ4n) is 1.80. The average Bonchev–Trinajstić information content (AvgIpc) is 2.42. The first kappa shape index (κ1) is 14.4. The van der Waals surface area contributed by atoms with E-state index in [0.717, 1.165) is 22.4 Å². The summed E-state index contributed by atoms with van der Waals surface area (Å²) in [5.74, 6) is 0.146. The molecule has 0 spiro atoms. The van der Waals surface area contributed by atoms with Gasteiger partial charge < -0.3 is 5.73 Å². The van der Waals surface area contributed by atoms with Crippen LogP contribution in [0.4, 0.5) is 0 Å². The van der Waals surface area contributed by atoms with E-state index < -0.39 is 5.54 Å². The Labute approximate surface area is 111 Å². The number of rotatable bonds is 5. The van der Waals surface area contributed by atoms with Gasteiger partial charge in [0.2, 0.25) is 0 Å². The van der Waals surface area contributed by atoms with E-state index in [0.29, 0.717) is 12.8 Å². The van der Waals surface area contributed by atoms with Gasteiger partial charge in [0.05, 0.1) is 15.9 Å².